The number of hydrogen-bond acceptors (Lipinski definition) is 3. The Hall–Kier alpha value is -0.370. The van der Waals surface area contributed by atoms with Gasteiger partial charge in [-0.3, -0.25) is 0 Å². The molecule has 0 saturated heterocycles. The summed E-state index contributed by atoms with van der Waals surface area (Å²) in [6, 6.07) is 2.63. The van der Waals surface area contributed by atoms with Crippen LogP contribution < -0.4 is 5.73 Å². The van der Waals surface area contributed by atoms with E-state index < -0.39 is 0 Å². The van der Waals surface area contributed by atoms with Crippen LogP contribution in [0.15, 0.2) is 9.98 Å². The Balaban J connectivity index is 0. The minimum atomic E-state index is -0.0720. The van der Waals surface area contributed by atoms with Crippen molar-refractivity contribution in [3.05, 3.63) is 0 Å². The van der Waals surface area contributed by atoms with Crippen LogP contribution in [-0.2, 0) is 0 Å². The molecule has 4 heteroatoms. The molecule has 0 aliphatic rings. The molecule has 0 aromatic rings. The van der Waals surface area contributed by atoms with Crippen LogP contribution in [0, 0.1) is 0 Å². The van der Waals surface area contributed by atoms with Crippen LogP contribution in [0.4, 0.5) is 0 Å². The number of aliphatic imine (C=N–C) groups is 2. The largest absolute Gasteiger partial charge is 0.326 e. The second-order valence-corrected chi connectivity index (χ2v) is 3.55. The second-order valence-electron chi connectivity index (χ2n) is 3.55. The zero-order chi connectivity index (χ0) is 9.45. The zero-order valence-electron chi connectivity index (χ0n) is 8.71. The Morgan fingerprint density at radius 1 is 1.31 bits per heavy atom. The Kier molecular flexibility index (Phi) is 9.58. The molecule has 0 bridgehead atoms. The van der Waals surface area contributed by atoms with Crippen LogP contribution >= 0.6 is 12.4 Å². The van der Waals surface area contributed by atoms with Crippen molar-refractivity contribution in [3.8, 4) is 0 Å². The smallest absolute Gasteiger partial charge is 0.0892 e. The fraction of sp³-hybridized carbons (Fsp3) is 0.889. The van der Waals surface area contributed by atoms with Gasteiger partial charge in [0.05, 0.1) is 6.01 Å². The predicted octanol–water partition coefficient (Wildman–Crippen LogP) is 2.12. The highest BCUT2D eigenvalue weighted by Crippen LogP contribution is 2.06. The van der Waals surface area contributed by atoms with Crippen molar-refractivity contribution in [2.45, 2.75) is 39.2 Å². The molecule has 0 heterocycles. The van der Waals surface area contributed by atoms with E-state index in [0.717, 1.165) is 25.9 Å². The van der Waals surface area contributed by atoms with Gasteiger partial charge in [0.1, 0.15) is 0 Å². The molecule has 0 radical (unpaired) electrons. The van der Waals surface area contributed by atoms with Gasteiger partial charge in [-0.15, -0.1) is 12.4 Å². The van der Waals surface area contributed by atoms with Crippen molar-refractivity contribution in [1.82, 2.24) is 0 Å². The molecule has 0 rings (SSSR count). The average molecular weight is 206 g/mol. The summed E-state index contributed by atoms with van der Waals surface area (Å²) < 4.78 is 0. The second kappa shape index (κ2) is 8.24. The molecule has 0 atom stereocenters. The van der Waals surface area contributed by atoms with Crippen LogP contribution in [0.5, 0.6) is 0 Å². The highest BCUT2D eigenvalue weighted by Gasteiger charge is 2.08. The summed E-state index contributed by atoms with van der Waals surface area (Å²) >= 11 is 0. The lowest BCUT2D eigenvalue weighted by molar-refractivity contribution is 0.463. The van der Waals surface area contributed by atoms with Gasteiger partial charge in [0, 0.05) is 18.6 Å². The molecule has 0 amide bonds. The molecule has 0 unspecified atom stereocenters. The van der Waals surface area contributed by atoms with Crippen LogP contribution in [0.3, 0.4) is 0 Å². The molecule has 0 aliphatic carbocycles. The summed E-state index contributed by atoms with van der Waals surface area (Å²) in [4.78, 5) is 7.85. The van der Waals surface area contributed by atoms with E-state index in [1.807, 2.05) is 20.8 Å². The normalized spacial score (nSPS) is 9.85. The van der Waals surface area contributed by atoms with Gasteiger partial charge in [0.2, 0.25) is 0 Å². The minimum Gasteiger partial charge on any atom is -0.326 e. The maximum atomic E-state index is 5.79. The highest BCUT2D eigenvalue weighted by atomic mass is 35.5. The molecule has 0 spiro atoms. The van der Waals surface area contributed by atoms with Crippen molar-refractivity contribution in [3.63, 3.8) is 0 Å². The van der Waals surface area contributed by atoms with Crippen LogP contribution in [-0.4, -0.2) is 24.6 Å². The van der Waals surface area contributed by atoms with Gasteiger partial charge in [-0.05, 0) is 33.6 Å². The van der Waals surface area contributed by atoms with E-state index in [2.05, 4.69) is 16.0 Å². The third-order valence-corrected chi connectivity index (χ3v) is 1.39. The number of nitrogens with two attached hydrogens (primary N) is 1. The Bertz CT molecular complexity index is 166. The van der Waals surface area contributed by atoms with Gasteiger partial charge >= 0.3 is 0 Å². The van der Waals surface area contributed by atoms with Gasteiger partial charge in [0.25, 0.3) is 0 Å². The SMILES string of the molecule is CCN=C=NCCCC(C)(C)N.Cl. The summed E-state index contributed by atoms with van der Waals surface area (Å²) in [5, 5.41) is 0. The third kappa shape index (κ3) is 14.5. The lowest BCUT2D eigenvalue weighted by Gasteiger charge is -2.16. The molecule has 78 valence electrons. The van der Waals surface area contributed by atoms with Crippen LogP contribution in [0.2, 0.25) is 0 Å². The topological polar surface area (TPSA) is 50.7 Å². The lowest BCUT2D eigenvalue weighted by atomic mass is 10.0. The van der Waals surface area contributed by atoms with Gasteiger partial charge < -0.3 is 5.73 Å². The molecular formula is C9H20ClN3. The van der Waals surface area contributed by atoms with Crippen LogP contribution in [0.1, 0.15) is 33.6 Å². The van der Waals surface area contributed by atoms with Crippen molar-refractivity contribution in [1.29, 1.82) is 0 Å². The fourth-order valence-electron chi connectivity index (χ4n) is 0.784. The first-order valence-electron chi connectivity index (χ1n) is 4.43. The zero-order valence-corrected chi connectivity index (χ0v) is 9.52. The van der Waals surface area contributed by atoms with E-state index in [-0.39, 0.29) is 17.9 Å². The number of halogens is 1. The first-order chi connectivity index (χ1) is 5.56. The van der Waals surface area contributed by atoms with E-state index in [9.17, 15) is 0 Å². The quantitative estimate of drug-likeness (QED) is 0.543. The summed E-state index contributed by atoms with van der Waals surface area (Å²) in [5.74, 6) is 0. The monoisotopic (exact) mass is 205 g/mol. The van der Waals surface area contributed by atoms with Gasteiger partial charge in [0.15, 0.2) is 0 Å². The van der Waals surface area contributed by atoms with Gasteiger partial charge in [-0.1, -0.05) is 0 Å². The van der Waals surface area contributed by atoms with E-state index in [0.29, 0.717) is 0 Å². The summed E-state index contributed by atoms with van der Waals surface area (Å²) in [7, 11) is 0. The fourth-order valence-corrected chi connectivity index (χ4v) is 0.784. The Labute approximate surface area is 86.9 Å². The minimum absolute atomic E-state index is 0. The van der Waals surface area contributed by atoms with E-state index >= 15 is 0 Å². The molecular weight excluding hydrogens is 186 g/mol. The molecule has 0 aromatic heterocycles. The number of nitrogens with zero attached hydrogens (tertiary/aromatic N) is 2. The molecule has 3 nitrogen and oxygen atoms in total. The summed E-state index contributed by atoms with van der Waals surface area (Å²) in [6.07, 6.45) is 2.00. The first-order valence-corrected chi connectivity index (χ1v) is 4.43. The Morgan fingerprint density at radius 3 is 2.38 bits per heavy atom. The molecule has 13 heavy (non-hydrogen) atoms. The molecule has 0 saturated carbocycles. The van der Waals surface area contributed by atoms with Crippen molar-refractivity contribution in [2.24, 2.45) is 15.7 Å². The maximum absolute atomic E-state index is 5.79. The van der Waals surface area contributed by atoms with Crippen molar-refractivity contribution in [2.75, 3.05) is 13.1 Å². The highest BCUT2D eigenvalue weighted by molar-refractivity contribution is 5.85. The van der Waals surface area contributed by atoms with Crippen molar-refractivity contribution < 1.29 is 0 Å². The van der Waals surface area contributed by atoms with E-state index in [1.54, 1.807) is 0 Å². The summed E-state index contributed by atoms with van der Waals surface area (Å²) in [6.45, 7) is 7.55. The molecule has 0 aliphatic heterocycles. The molecule has 0 aromatic carbocycles. The maximum Gasteiger partial charge on any atom is 0.0892 e. The van der Waals surface area contributed by atoms with Crippen LogP contribution in [0.25, 0.3) is 0 Å². The third-order valence-electron chi connectivity index (χ3n) is 1.39. The van der Waals surface area contributed by atoms with Crippen molar-refractivity contribution >= 4 is 18.4 Å². The number of rotatable bonds is 5. The van der Waals surface area contributed by atoms with E-state index in [4.69, 9.17) is 5.73 Å². The predicted molar refractivity (Wildman–Crippen MR) is 60.0 cm³/mol. The Morgan fingerprint density at radius 2 is 1.92 bits per heavy atom. The first kappa shape index (κ1) is 15.1. The molecule has 2 N–H and O–H groups in total. The average Bonchev–Trinajstić information content (AvgIpc) is 1.94. The van der Waals surface area contributed by atoms with E-state index in [1.165, 1.54) is 0 Å². The van der Waals surface area contributed by atoms with Gasteiger partial charge in [-0.2, -0.15) is 0 Å². The lowest BCUT2D eigenvalue weighted by Crippen LogP contribution is -2.31. The summed E-state index contributed by atoms with van der Waals surface area (Å²) in [5.41, 5.74) is 5.72. The van der Waals surface area contributed by atoms with Gasteiger partial charge in [-0.25, -0.2) is 9.98 Å². The molecule has 0 fully saturated rings. The standard InChI is InChI=1S/C9H19N3.ClH/c1-4-11-8-12-7-5-6-9(2,3)10;/h4-7,10H2,1-3H3;1H. The number of hydrogen-bond donors (Lipinski definition) is 1.